The predicted molar refractivity (Wildman–Crippen MR) is 117 cm³/mol. The van der Waals surface area contributed by atoms with Gasteiger partial charge in [-0.05, 0) is 61.2 Å². The third-order valence-corrected chi connectivity index (χ3v) is 7.94. The summed E-state index contributed by atoms with van der Waals surface area (Å²) in [5, 5.41) is 0. The van der Waals surface area contributed by atoms with Crippen molar-refractivity contribution < 1.29 is 26.3 Å². The summed E-state index contributed by atoms with van der Waals surface area (Å²) in [5.41, 5.74) is 2.35. The van der Waals surface area contributed by atoms with Gasteiger partial charge in [-0.25, -0.2) is 16.8 Å². The highest BCUT2D eigenvalue weighted by molar-refractivity contribution is 7.92. The molecule has 0 bridgehead atoms. The van der Waals surface area contributed by atoms with Crippen molar-refractivity contribution in [3.8, 4) is 11.5 Å². The van der Waals surface area contributed by atoms with Gasteiger partial charge in [-0.1, -0.05) is 0 Å². The Hall–Kier alpha value is -2.46. The van der Waals surface area contributed by atoms with E-state index in [1.807, 2.05) is 0 Å². The summed E-state index contributed by atoms with van der Waals surface area (Å²) in [6.07, 6.45) is 1.37. The summed E-state index contributed by atoms with van der Waals surface area (Å²) < 4.78 is 64.5. The standard InChI is InChI=1S/C20H26N2O6S2/c1-4-30(25,26)22-9-5-6-16-12-17(7-8-20(16)22)21-29(23,24)14-15-10-18(27-2)13-19(11-15)28-3/h7-8,10-13,21H,4-6,9,14H2,1-3H3. The van der Waals surface area contributed by atoms with Crippen LogP contribution >= 0.6 is 0 Å². The van der Waals surface area contributed by atoms with Crippen LogP contribution in [0.25, 0.3) is 0 Å². The lowest BCUT2D eigenvalue weighted by atomic mass is 10.0. The number of rotatable bonds is 8. The minimum Gasteiger partial charge on any atom is -0.497 e. The summed E-state index contributed by atoms with van der Waals surface area (Å²) in [6.45, 7) is 2.05. The van der Waals surface area contributed by atoms with Crippen LogP contribution < -0.4 is 18.5 Å². The van der Waals surface area contributed by atoms with Crippen LogP contribution in [-0.4, -0.2) is 43.4 Å². The van der Waals surface area contributed by atoms with E-state index in [-0.39, 0.29) is 11.5 Å². The number of anilines is 2. The number of methoxy groups -OCH3 is 2. The van der Waals surface area contributed by atoms with Crippen molar-refractivity contribution in [3.63, 3.8) is 0 Å². The Kier molecular flexibility index (Phi) is 6.47. The number of nitrogens with one attached hydrogen (secondary N) is 1. The first kappa shape index (κ1) is 22.2. The molecule has 0 radical (unpaired) electrons. The number of benzene rings is 2. The fourth-order valence-corrected chi connectivity index (χ4v) is 5.82. The molecule has 1 aliphatic heterocycles. The predicted octanol–water partition coefficient (Wildman–Crippen LogP) is 2.75. The molecule has 1 heterocycles. The average Bonchev–Trinajstić information content (AvgIpc) is 2.71. The van der Waals surface area contributed by atoms with E-state index in [1.165, 1.54) is 18.5 Å². The molecule has 0 amide bonds. The quantitative estimate of drug-likeness (QED) is 0.658. The Morgan fingerprint density at radius 3 is 2.27 bits per heavy atom. The largest absolute Gasteiger partial charge is 0.497 e. The Morgan fingerprint density at radius 2 is 1.67 bits per heavy atom. The summed E-state index contributed by atoms with van der Waals surface area (Å²) in [7, 11) is -4.07. The van der Waals surface area contributed by atoms with Crippen LogP contribution in [0, 0.1) is 0 Å². The molecule has 0 fully saturated rings. The van der Waals surface area contributed by atoms with Crippen molar-refractivity contribution in [3.05, 3.63) is 47.5 Å². The smallest absolute Gasteiger partial charge is 0.236 e. The highest BCUT2D eigenvalue weighted by Gasteiger charge is 2.26. The lowest BCUT2D eigenvalue weighted by molar-refractivity contribution is 0.393. The van der Waals surface area contributed by atoms with E-state index in [4.69, 9.17) is 9.47 Å². The zero-order valence-corrected chi connectivity index (χ0v) is 18.8. The van der Waals surface area contributed by atoms with Gasteiger partial charge in [0.15, 0.2) is 0 Å². The van der Waals surface area contributed by atoms with Crippen LogP contribution in [0.1, 0.15) is 24.5 Å². The highest BCUT2D eigenvalue weighted by atomic mass is 32.2. The van der Waals surface area contributed by atoms with Gasteiger partial charge in [0, 0.05) is 18.3 Å². The van der Waals surface area contributed by atoms with Gasteiger partial charge in [0.05, 0.1) is 31.4 Å². The van der Waals surface area contributed by atoms with E-state index in [0.717, 1.165) is 5.56 Å². The summed E-state index contributed by atoms with van der Waals surface area (Å²) in [6, 6.07) is 9.91. The van der Waals surface area contributed by atoms with Crippen LogP contribution in [-0.2, 0) is 32.2 Å². The van der Waals surface area contributed by atoms with Crippen molar-refractivity contribution in [2.45, 2.75) is 25.5 Å². The zero-order valence-electron chi connectivity index (χ0n) is 17.2. The molecule has 30 heavy (non-hydrogen) atoms. The molecule has 0 unspecified atom stereocenters. The zero-order chi connectivity index (χ0) is 21.9. The molecule has 164 valence electrons. The molecule has 0 spiro atoms. The number of hydrogen-bond donors (Lipinski definition) is 1. The maximum atomic E-state index is 12.7. The van der Waals surface area contributed by atoms with E-state index in [9.17, 15) is 16.8 Å². The topological polar surface area (TPSA) is 102 Å². The van der Waals surface area contributed by atoms with Gasteiger partial charge >= 0.3 is 0 Å². The van der Waals surface area contributed by atoms with Crippen LogP contribution in [0.15, 0.2) is 36.4 Å². The lowest BCUT2D eigenvalue weighted by Crippen LogP contribution is -2.36. The normalized spacial score (nSPS) is 14.2. The fourth-order valence-electron chi connectivity index (χ4n) is 3.46. The SMILES string of the molecule is CCS(=O)(=O)N1CCCc2cc(NS(=O)(=O)Cc3cc(OC)cc(OC)c3)ccc21. The van der Waals surface area contributed by atoms with Crippen molar-refractivity contribution >= 4 is 31.4 Å². The molecule has 0 saturated heterocycles. The van der Waals surface area contributed by atoms with Gasteiger partial charge in [0.25, 0.3) is 0 Å². The number of sulfonamides is 2. The Labute approximate surface area is 177 Å². The van der Waals surface area contributed by atoms with Crippen LogP contribution in [0.2, 0.25) is 0 Å². The minimum atomic E-state index is -3.70. The molecule has 0 saturated carbocycles. The average molecular weight is 455 g/mol. The Bertz CT molecular complexity index is 1110. The summed E-state index contributed by atoms with van der Waals surface area (Å²) >= 11 is 0. The van der Waals surface area contributed by atoms with Gasteiger partial charge in [0.2, 0.25) is 20.0 Å². The molecule has 10 heteroatoms. The van der Waals surface area contributed by atoms with Crippen LogP contribution in [0.3, 0.4) is 0 Å². The van der Waals surface area contributed by atoms with E-state index in [2.05, 4.69) is 4.72 Å². The molecular weight excluding hydrogens is 428 g/mol. The third-order valence-electron chi connectivity index (χ3n) is 4.90. The molecule has 1 N–H and O–H groups in total. The molecule has 3 rings (SSSR count). The maximum Gasteiger partial charge on any atom is 0.236 e. The van der Waals surface area contributed by atoms with Crippen molar-refractivity contribution in [2.75, 3.05) is 35.5 Å². The van der Waals surface area contributed by atoms with Gasteiger partial charge in [-0.3, -0.25) is 9.03 Å². The fraction of sp³-hybridized carbons (Fsp3) is 0.400. The van der Waals surface area contributed by atoms with E-state index >= 15 is 0 Å². The molecule has 0 aromatic heterocycles. The third kappa shape index (κ3) is 4.99. The number of aryl methyl sites for hydroxylation is 1. The molecule has 0 aliphatic carbocycles. The van der Waals surface area contributed by atoms with Gasteiger partial charge in [-0.2, -0.15) is 0 Å². The minimum absolute atomic E-state index is 0.0187. The van der Waals surface area contributed by atoms with Gasteiger partial charge in [0.1, 0.15) is 11.5 Å². The van der Waals surface area contributed by atoms with Crippen molar-refractivity contribution in [1.82, 2.24) is 0 Å². The first-order valence-electron chi connectivity index (χ1n) is 9.53. The number of hydrogen-bond acceptors (Lipinski definition) is 6. The number of ether oxygens (including phenoxy) is 2. The maximum absolute atomic E-state index is 12.7. The Morgan fingerprint density at radius 1 is 1.00 bits per heavy atom. The number of fused-ring (bicyclic) bond motifs is 1. The first-order chi connectivity index (χ1) is 14.2. The van der Waals surface area contributed by atoms with Crippen molar-refractivity contribution in [2.24, 2.45) is 0 Å². The summed E-state index contributed by atoms with van der Waals surface area (Å²) in [5.74, 6) is 0.773. The second kappa shape index (κ2) is 8.73. The molecular formula is C20H26N2O6S2. The van der Waals surface area contributed by atoms with Crippen LogP contribution in [0.4, 0.5) is 11.4 Å². The van der Waals surface area contributed by atoms with E-state index in [0.29, 0.717) is 47.8 Å². The lowest BCUT2D eigenvalue weighted by Gasteiger charge is -2.30. The monoisotopic (exact) mass is 454 g/mol. The molecule has 1 aliphatic rings. The van der Waals surface area contributed by atoms with E-state index in [1.54, 1.807) is 43.3 Å². The number of nitrogens with zero attached hydrogens (tertiary/aromatic N) is 1. The summed E-state index contributed by atoms with van der Waals surface area (Å²) in [4.78, 5) is 0. The molecule has 0 atom stereocenters. The molecule has 2 aromatic rings. The highest BCUT2D eigenvalue weighted by Crippen LogP contribution is 2.32. The second-order valence-electron chi connectivity index (χ2n) is 7.00. The molecule has 8 nitrogen and oxygen atoms in total. The molecule has 2 aromatic carbocycles. The van der Waals surface area contributed by atoms with Gasteiger partial charge < -0.3 is 9.47 Å². The first-order valence-corrected chi connectivity index (χ1v) is 12.8. The van der Waals surface area contributed by atoms with Crippen LogP contribution in [0.5, 0.6) is 11.5 Å². The Balaban J connectivity index is 1.83. The van der Waals surface area contributed by atoms with Crippen molar-refractivity contribution in [1.29, 1.82) is 0 Å². The van der Waals surface area contributed by atoms with Gasteiger partial charge in [-0.15, -0.1) is 0 Å². The second-order valence-corrected chi connectivity index (χ2v) is 10.9. The van der Waals surface area contributed by atoms with E-state index < -0.39 is 20.0 Å².